The first-order chi connectivity index (χ1) is 9.99. The quantitative estimate of drug-likeness (QED) is 0.721. The number of amides is 1. The maximum atomic E-state index is 12.1. The van der Waals surface area contributed by atoms with Crippen molar-refractivity contribution in [1.29, 1.82) is 0 Å². The zero-order valence-corrected chi connectivity index (χ0v) is 13.9. The maximum Gasteiger partial charge on any atom is 0.238 e. The molecule has 4 nitrogen and oxygen atoms in total. The summed E-state index contributed by atoms with van der Waals surface area (Å²) >= 11 is 6.06. The monoisotopic (exact) mass is 311 g/mol. The molecular formula is C16H26ClN3O. The lowest BCUT2D eigenvalue weighted by molar-refractivity contribution is -0.117. The number of hydrogen-bond donors (Lipinski definition) is 2. The molecule has 1 rings (SSSR count). The third-order valence-electron chi connectivity index (χ3n) is 3.75. The summed E-state index contributed by atoms with van der Waals surface area (Å²) < 4.78 is 0. The van der Waals surface area contributed by atoms with Gasteiger partial charge in [0.25, 0.3) is 0 Å². The van der Waals surface area contributed by atoms with E-state index in [4.69, 9.17) is 17.3 Å². The summed E-state index contributed by atoms with van der Waals surface area (Å²) in [7, 11) is 0. The van der Waals surface area contributed by atoms with Crippen molar-refractivity contribution in [2.75, 3.05) is 30.7 Å². The topological polar surface area (TPSA) is 58.4 Å². The molecule has 1 amide bonds. The standard InChI is InChI=1S/C16H26ClN3O/c1-4-12(5-2)10-20(6-3)11-16(21)19-15-8-7-13(18)9-14(15)17/h7-9,12H,4-6,10-11,18H2,1-3H3,(H,19,21). The van der Waals surface area contributed by atoms with E-state index >= 15 is 0 Å². The summed E-state index contributed by atoms with van der Waals surface area (Å²) in [5.41, 5.74) is 6.83. The third-order valence-corrected chi connectivity index (χ3v) is 4.07. The van der Waals surface area contributed by atoms with E-state index in [1.165, 1.54) is 0 Å². The summed E-state index contributed by atoms with van der Waals surface area (Å²) in [5.74, 6) is 0.590. The Hall–Kier alpha value is -1.26. The Morgan fingerprint density at radius 1 is 1.33 bits per heavy atom. The molecule has 0 aliphatic heterocycles. The average Bonchev–Trinajstić information content (AvgIpc) is 2.46. The fraction of sp³-hybridized carbons (Fsp3) is 0.562. The largest absolute Gasteiger partial charge is 0.399 e. The van der Waals surface area contributed by atoms with Crippen LogP contribution in [0.15, 0.2) is 18.2 Å². The van der Waals surface area contributed by atoms with Crippen LogP contribution in [0.5, 0.6) is 0 Å². The minimum Gasteiger partial charge on any atom is -0.399 e. The summed E-state index contributed by atoms with van der Waals surface area (Å²) in [6.45, 7) is 8.65. The summed E-state index contributed by atoms with van der Waals surface area (Å²) in [5, 5.41) is 3.31. The van der Waals surface area contributed by atoms with Crippen LogP contribution in [0.2, 0.25) is 5.02 Å². The van der Waals surface area contributed by atoms with Crippen molar-refractivity contribution in [2.45, 2.75) is 33.6 Å². The highest BCUT2D eigenvalue weighted by molar-refractivity contribution is 6.34. The molecule has 0 aliphatic carbocycles. The maximum absolute atomic E-state index is 12.1. The van der Waals surface area contributed by atoms with Crippen LogP contribution >= 0.6 is 11.6 Å². The van der Waals surface area contributed by atoms with E-state index in [2.05, 4.69) is 31.0 Å². The number of nitrogen functional groups attached to an aromatic ring is 1. The van der Waals surface area contributed by atoms with Gasteiger partial charge in [-0.1, -0.05) is 45.2 Å². The number of anilines is 2. The van der Waals surface area contributed by atoms with Gasteiger partial charge in [0, 0.05) is 12.2 Å². The Labute approximate surface area is 132 Å². The molecule has 0 aliphatic rings. The predicted molar refractivity (Wildman–Crippen MR) is 90.7 cm³/mol. The zero-order valence-electron chi connectivity index (χ0n) is 13.2. The molecule has 0 aromatic heterocycles. The number of carbonyl (C=O) groups excluding carboxylic acids is 1. The first-order valence-corrected chi connectivity index (χ1v) is 7.95. The van der Waals surface area contributed by atoms with E-state index < -0.39 is 0 Å². The van der Waals surface area contributed by atoms with E-state index in [0.29, 0.717) is 28.9 Å². The van der Waals surface area contributed by atoms with Gasteiger partial charge in [-0.15, -0.1) is 0 Å². The van der Waals surface area contributed by atoms with Crippen LogP contribution in [-0.4, -0.2) is 30.4 Å². The molecule has 0 heterocycles. The van der Waals surface area contributed by atoms with E-state index in [1.807, 2.05) is 0 Å². The molecule has 0 unspecified atom stereocenters. The molecule has 0 spiro atoms. The van der Waals surface area contributed by atoms with Gasteiger partial charge in [-0.2, -0.15) is 0 Å². The van der Waals surface area contributed by atoms with Gasteiger partial charge in [-0.05, 0) is 30.7 Å². The molecular weight excluding hydrogens is 286 g/mol. The number of carbonyl (C=O) groups is 1. The number of halogens is 1. The van der Waals surface area contributed by atoms with Crippen LogP contribution in [0, 0.1) is 5.92 Å². The van der Waals surface area contributed by atoms with Gasteiger partial charge >= 0.3 is 0 Å². The van der Waals surface area contributed by atoms with Crippen LogP contribution in [0.1, 0.15) is 33.6 Å². The number of rotatable bonds is 8. The molecule has 0 atom stereocenters. The van der Waals surface area contributed by atoms with E-state index in [0.717, 1.165) is 25.9 Å². The first-order valence-electron chi connectivity index (χ1n) is 7.57. The fourth-order valence-electron chi connectivity index (χ4n) is 2.24. The number of nitrogens with two attached hydrogens (primary N) is 1. The highest BCUT2D eigenvalue weighted by Gasteiger charge is 2.14. The fourth-order valence-corrected chi connectivity index (χ4v) is 2.48. The van der Waals surface area contributed by atoms with Crippen molar-refractivity contribution >= 4 is 28.9 Å². The van der Waals surface area contributed by atoms with Gasteiger partial charge in [0.15, 0.2) is 0 Å². The Bertz CT molecular complexity index is 461. The van der Waals surface area contributed by atoms with Crippen LogP contribution < -0.4 is 11.1 Å². The highest BCUT2D eigenvalue weighted by atomic mass is 35.5. The zero-order chi connectivity index (χ0) is 15.8. The summed E-state index contributed by atoms with van der Waals surface area (Å²) in [6, 6.07) is 5.09. The average molecular weight is 312 g/mol. The van der Waals surface area contributed by atoms with Crippen molar-refractivity contribution in [3.8, 4) is 0 Å². The van der Waals surface area contributed by atoms with E-state index in [1.54, 1.807) is 18.2 Å². The number of benzene rings is 1. The number of nitrogens with one attached hydrogen (secondary N) is 1. The third kappa shape index (κ3) is 5.94. The van der Waals surface area contributed by atoms with Crippen LogP contribution in [0.3, 0.4) is 0 Å². The molecule has 21 heavy (non-hydrogen) atoms. The van der Waals surface area contributed by atoms with Gasteiger partial charge in [-0.25, -0.2) is 0 Å². The van der Waals surface area contributed by atoms with Crippen LogP contribution in [0.4, 0.5) is 11.4 Å². The summed E-state index contributed by atoms with van der Waals surface area (Å²) in [6.07, 6.45) is 2.27. The molecule has 1 aromatic carbocycles. The van der Waals surface area contributed by atoms with Gasteiger partial charge in [0.1, 0.15) is 0 Å². The highest BCUT2D eigenvalue weighted by Crippen LogP contribution is 2.24. The first kappa shape index (κ1) is 17.8. The lowest BCUT2D eigenvalue weighted by Crippen LogP contribution is -2.36. The molecule has 3 N–H and O–H groups in total. The molecule has 0 bridgehead atoms. The second kappa shape index (κ2) is 8.90. The van der Waals surface area contributed by atoms with Crippen LogP contribution in [0.25, 0.3) is 0 Å². The molecule has 5 heteroatoms. The molecule has 0 radical (unpaired) electrons. The molecule has 0 saturated heterocycles. The Morgan fingerprint density at radius 3 is 2.52 bits per heavy atom. The Morgan fingerprint density at radius 2 is 2.00 bits per heavy atom. The van der Waals surface area contributed by atoms with Gasteiger partial charge in [0.05, 0.1) is 17.3 Å². The van der Waals surface area contributed by atoms with E-state index in [-0.39, 0.29) is 5.91 Å². The molecule has 0 saturated carbocycles. The van der Waals surface area contributed by atoms with Gasteiger partial charge < -0.3 is 11.1 Å². The normalized spacial score (nSPS) is 11.1. The number of likely N-dealkylation sites (N-methyl/N-ethyl adjacent to an activating group) is 1. The Kier molecular flexibility index (Phi) is 7.54. The number of nitrogens with zero attached hydrogens (tertiary/aromatic N) is 1. The SMILES string of the molecule is CCC(CC)CN(CC)CC(=O)Nc1ccc(N)cc1Cl. The van der Waals surface area contributed by atoms with Crippen molar-refractivity contribution in [2.24, 2.45) is 5.92 Å². The predicted octanol–water partition coefficient (Wildman–Crippen LogP) is 3.62. The minimum atomic E-state index is -0.0468. The van der Waals surface area contributed by atoms with Gasteiger partial charge in [0.2, 0.25) is 5.91 Å². The van der Waals surface area contributed by atoms with Crippen molar-refractivity contribution < 1.29 is 4.79 Å². The second-order valence-electron chi connectivity index (χ2n) is 5.30. The summed E-state index contributed by atoms with van der Waals surface area (Å²) in [4.78, 5) is 14.3. The van der Waals surface area contributed by atoms with Crippen molar-refractivity contribution in [1.82, 2.24) is 4.90 Å². The van der Waals surface area contributed by atoms with Gasteiger partial charge in [-0.3, -0.25) is 9.69 Å². The second-order valence-corrected chi connectivity index (χ2v) is 5.70. The lowest BCUT2D eigenvalue weighted by atomic mass is 10.0. The smallest absolute Gasteiger partial charge is 0.238 e. The van der Waals surface area contributed by atoms with Crippen molar-refractivity contribution in [3.63, 3.8) is 0 Å². The Balaban J connectivity index is 2.58. The minimum absolute atomic E-state index is 0.0468. The van der Waals surface area contributed by atoms with Crippen molar-refractivity contribution in [3.05, 3.63) is 23.2 Å². The molecule has 0 fully saturated rings. The lowest BCUT2D eigenvalue weighted by Gasteiger charge is -2.24. The molecule has 1 aromatic rings. The van der Waals surface area contributed by atoms with E-state index in [9.17, 15) is 4.79 Å². The molecule has 118 valence electrons. The van der Waals surface area contributed by atoms with Crippen LogP contribution in [-0.2, 0) is 4.79 Å². The number of hydrogen-bond acceptors (Lipinski definition) is 3.